The van der Waals surface area contributed by atoms with Crippen molar-refractivity contribution < 1.29 is 14.6 Å². The van der Waals surface area contributed by atoms with Gasteiger partial charge in [0.2, 0.25) is 0 Å². The van der Waals surface area contributed by atoms with E-state index in [2.05, 4.69) is 59.9 Å². The Kier molecular flexibility index (Phi) is 10.3. The quantitative estimate of drug-likeness (QED) is 0.168. The van der Waals surface area contributed by atoms with Crippen LogP contribution >= 0.6 is 0 Å². The zero-order valence-corrected chi connectivity index (χ0v) is 29.6. The summed E-state index contributed by atoms with van der Waals surface area (Å²) in [6.07, 6.45) is 19.9. The summed E-state index contributed by atoms with van der Waals surface area (Å²) >= 11 is 0. The van der Waals surface area contributed by atoms with E-state index in [0.29, 0.717) is 36.0 Å². The molecule has 0 spiro atoms. The number of aliphatic hydroxyl groups is 1. The van der Waals surface area contributed by atoms with Gasteiger partial charge in [0.25, 0.3) is 0 Å². The van der Waals surface area contributed by atoms with Gasteiger partial charge in [0, 0.05) is 61.0 Å². The van der Waals surface area contributed by atoms with Crippen molar-refractivity contribution in [1.82, 2.24) is 25.3 Å². The second-order valence-electron chi connectivity index (χ2n) is 17.0. The molecular formula is C38H62N6O3. The van der Waals surface area contributed by atoms with E-state index in [1.54, 1.807) is 18.9 Å². The number of imidazole rings is 2. The summed E-state index contributed by atoms with van der Waals surface area (Å²) in [5.41, 5.74) is 7.33. The van der Waals surface area contributed by atoms with Gasteiger partial charge in [-0.05, 0) is 85.9 Å². The SMILES string of the molecule is CC(C)CCC[C@@H](C)[C@H]1CC[C@H]2[C@@H]3C[C@@H](NCCc4cnc[nH]4)[C@@]4(O)C[C@@H](OC(=O)[C@@H](N)Cc5cnc[nH]5)CC[C@]4(C)[C@H]3CC[C@]12C. The summed E-state index contributed by atoms with van der Waals surface area (Å²) in [5.74, 6) is 3.72. The maximum Gasteiger partial charge on any atom is 0.323 e. The molecule has 262 valence electrons. The Balaban J connectivity index is 1.20. The zero-order valence-electron chi connectivity index (χ0n) is 29.6. The molecule has 0 saturated heterocycles. The Morgan fingerprint density at radius 1 is 1.04 bits per heavy atom. The first-order valence-corrected chi connectivity index (χ1v) is 18.8. The maximum absolute atomic E-state index is 13.2. The predicted octanol–water partition coefficient (Wildman–Crippen LogP) is 5.96. The number of carbonyl (C=O) groups is 1. The highest BCUT2D eigenvalue weighted by atomic mass is 16.5. The molecule has 0 unspecified atom stereocenters. The maximum atomic E-state index is 13.2. The molecule has 4 fully saturated rings. The highest BCUT2D eigenvalue weighted by Gasteiger charge is 2.67. The van der Waals surface area contributed by atoms with Gasteiger partial charge in [0.1, 0.15) is 12.1 Å². The second kappa shape index (κ2) is 13.9. The summed E-state index contributed by atoms with van der Waals surface area (Å²) in [6, 6.07) is -0.835. The lowest BCUT2D eigenvalue weighted by Gasteiger charge is -2.66. The molecule has 2 heterocycles. The minimum absolute atomic E-state index is 0.0679. The molecule has 11 atom stereocenters. The van der Waals surface area contributed by atoms with E-state index in [9.17, 15) is 9.90 Å². The van der Waals surface area contributed by atoms with Gasteiger partial charge in [-0.25, -0.2) is 9.97 Å². The number of rotatable bonds is 13. The van der Waals surface area contributed by atoms with Gasteiger partial charge >= 0.3 is 5.97 Å². The minimum Gasteiger partial charge on any atom is -0.461 e. The molecule has 2 aromatic heterocycles. The van der Waals surface area contributed by atoms with Crippen LogP contribution in [0.3, 0.4) is 0 Å². The lowest BCUT2D eigenvalue weighted by molar-refractivity contribution is -0.237. The Bertz CT molecular complexity index is 1300. The van der Waals surface area contributed by atoms with Crippen LogP contribution in [0.5, 0.6) is 0 Å². The fourth-order valence-corrected chi connectivity index (χ4v) is 11.4. The van der Waals surface area contributed by atoms with Crippen LogP contribution in [0.4, 0.5) is 0 Å². The van der Waals surface area contributed by atoms with E-state index in [-0.39, 0.29) is 17.6 Å². The molecule has 4 aliphatic rings. The zero-order chi connectivity index (χ0) is 33.4. The smallest absolute Gasteiger partial charge is 0.323 e. The Hall–Kier alpha value is -2.23. The first-order valence-electron chi connectivity index (χ1n) is 18.8. The van der Waals surface area contributed by atoms with Crippen LogP contribution in [-0.2, 0) is 22.4 Å². The highest BCUT2D eigenvalue weighted by molar-refractivity contribution is 5.76. The van der Waals surface area contributed by atoms with E-state index in [1.165, 1.54) is 44.9 Å². The van der Waals surface area contributed by atoms with Gasteiger partial charge in [-0.15, -0.1) is 0 Å². The van der Waals surface area contributed by atoms with Crippen molar-refractivity contribution in [2.45, 2.75) is 142 Å². The number of aromatic nitrogens is 4. The second-order valence-corrected chi connectivity index (χ2v) is 17.0. The van der Waals surface area contributed by atoms with Crippen LogP contribution in [0, 0.1) is 46.3 Å². The molecule has 4 saturated carbocycles. The Morgan fingerprint density at radius 3 is 2.49 bits per heavy atom. The number of nitrogens with zero attached hydrogens (tertiary/aromatic N) is 2. The molecule has 0 aliphatic heterocycles. The van der Waals surface area contributed by atoms with Crippen LogP contribution in [0.2, 0.25) is 0 Å². The number of hydrogen-bond acceptors (Lipinski definition) is 7. The monoisotopic (exact) mass is 650 g/mol. The number of ether oxygens (including phenoxy) is 1. The summed E-state index contributed by atoms with van der Waals surface area (Å²) in [4.78, 5) is 27.6. The average Bonchev–Trinajstić information content (AvgIpc) is 3.80. The molecule has 0 amide bonds. The molecule has 9 nitrogen and oxygen atoms in total. The van der Waals surface area contributed by atoms with Crippen molar-refractivity contribution in [3.05, 3.63) is 36.4 Å². The van der Waals surface area contributed by atoms with Gasteiger partial charge in [-0.1, -0.05) is 53.9 Å². The lowest BCUT2D eigenvalue weighted by atomic mass is 9.42. The Morgan fingerprint density at radius 2 is 1.79 bits per heavy atom. The third-order valence-corrected chi connectivity index (χ3v) is 14.0. The molecule has 6 N–H and O–H groups in total. The number of H-pyrrole nitrogens is 2. The number of aromatic amines is 2. The van der Waals surface area contributed by atoms with E-state index >= 15 is 0 Å². The average molecular weight is 651 g/mol. The molecule has 6 rings (SSSR count). The molecular weight excluding hydrogens is 588 g/mol. The van der Waals surface area contributed by atoms with Crippen molar-refractivity contribution in [3.8, 4) is 0 Å². The number of esters is 1. The normalized spacial score (nSPS) is 38.0. The van der Waals surface area contributed by atoms with Gasteiger partial charge < -0.3 is 30.9 Å². The molecule has 0 bridgehead atoms. The van der Waals surface area contributed by atoms with Crippen LogP contribution in [0.1, 0.15) is 117 Å². The van der Waals surface area contributed by atoms with Gasteiger partial charge in [0.05, 0.1) is 18.3 Å². The van der Waals surface area contributed by atoms with E-state index in [4.69, 9.17) is 10.5 Å². The molecule has 2 aromatic rings. The number of fused-ring (bicyclic) bond motifs is 5. The van der Waals surface area contributed by atoms with Crippen molar-refractivity contribution >= 4 is 5.97 Å². The largest absolute Gasteiger partial charge is 0.461 e. The predicted molar refractivity (Wildman–Crippen MR) is 184 cm³/mol. The van der Waals surface area contributed by atoms with Crippen molar-refractivity contribution in [2.75, 3.05) is 6.54 Å². The van der Waals surface area contributed by atoms with E-state index < -0.39 is 17.6 Å². The first-order chi connectivity index (χ1) is 22.4. The summed E-state index contributed by atoms with van der Waals surface area (Å²) in [7, 11) is 0. The number of nitrogens with one attached hydrogen (secondary N) is 3. The van der Waals surface area contributed by atoms with Crippen LogP contribution in [0.25, 0.3) is 0 Å². The van der Waals surface area contributed by atoms with Crippen LogP contribution in [0.15, 0.2) is 25.0 Å². The van der Waals surface area contributed by atoms with Crippen LogP contribution in [-0.4, -0.2) is 61.3 Å². The summed E-state index contributed by atoms with van der Waals surface area (Å²) < 4.78 is 6.08. The third kappa shape index (κ3) is 6.70. The lowest BCUT2D eigenvalue weighted by Crippen LogP contribution is -2.71. The van der Waals surface area contributed by atoms with Crippen molar-refractivity contribution in [2.24, 2.45) is 52.1 Å². The summed E-state index contributed by atoms with van der Waals surface area (Å²) in [6.45, 7) is 13.0. The highest BCUT2D eigenvalue weighted by Crippen LogP contribution is 2.69. The Labute approximate surface area is 282 Å². The van der Waals surface area contributed by atoms with Gasteiger partial charge in [0.15, 0.2) is 0 Å². The van der Waals surface area contributed by atoms with E-state index in [1.807, 2.05) is 6.20 Å². The van der Waals surface area contributed by atoms with Gasteiger partial charge in [-0.3, -0.25) is 4.79 Å². The number of nitrogens with two attached hydrogens (primary N) is 1. The van der Waals surface area contributed by atoms with Gasteiger partial charge in [-0.2, -0.15) is 0 Å². The fourth-order valence-electron chi connectivity index (χ4n) is 11.4. The third-order valence-electron chi connectivity index (χ3n) is 14.0. The minimum atomic E-state index is -0.977. The number of carbonyl (C=O) groups excluding carboxylic acids is 1. The topological polar surface area (TPSA) is 142 Å². The fraction of sp³-hybridized carbons (Fsp3) is 0.816. The van der Waals surface area contributed by atoms with E-state index in [0.717, 1.165) is 61.4 Å². The molecule has 0 aromatic carbocycles. The first kappa shape index (κ1) is 34.6. The van der Waals surface area contributed by atoms with Crippen molar-refractivity contribution in [3.63, 3.8) is 0 Å². The summed E-state index contributed by atoms with van der Waals surface area (Å²) in [5, 5.41) is 16.9. The standard InChI is InChI=1S/C38H62N6O3/c1-24(2)7-6-8-25(3)30-9-10-31-29-18-34(42-16-13-26-20-40-22-43-26)38(46)19-28(47-35(45)33(39)17-27-21-41-23-44-27)11-15-37(38,5)32(29)12-14-36(30,31)4/h20-25,28-34,42,46H,6-19,39H2,1-5H3,(H,40,43)(H,41,44)/t25-,28+,29+,30-,31+,32+,33+,34-,36-,37-,38+/m1/s1. The molecule has 9 heteroatoms. The molecule has 4 aliphatic carbocycles. The van der Waals surface area contributed by atoms with Crippen molar-refractivity contribution in [1.29, 1.82) is 0 Å². The number of hydrogen-bond donors (Lipinski definition) is 5. The molecule has 0 radical (unpaired) electrons. The molecule has 47 heavy (non-hydrogen) atoms. The van der Waals surface area contributed by atoms with Crippen LogP contribution < -0.4 is 11.1 Å².